The monoisotopic (exact) mass is 548 g/mol. The Balaban J connectivity index is 0.000000722. The van der Waals surface area contributed by atoms with E-state index in [1.165, 1.54) is 11.1 Å². The smallest absolute Gasteiger partial charge is 0.872 e. The van der Waals surface area contributed by atoms with E-state index in [1.807, 2.05) is 0 Å². The summed E-state index contributed by atoms with van der Waals surface area (Å²) < 4.78 is 0. The topological polar surface area (TPSA) is 52.6 Å². The van der Waals surface area contributed by atoms with Gasteiger partial charge in [-0.05, 0) is 83.2 Å². The molecule has 0 fully saturated rings. The van der Waals surface area contributed by atoms with Gasteiger partial charge in [0.2, 0.25) is 0 Å². The SMILES string of the molecule is CN(C)Cc1cc(C(C)(C)C)c([O-])c(C(C)(C)C)c1.CN(C)Cc1cc(C(C)(C)C)c([O-])c(C(C)(C)C)c1.[Mg+2]. The van der Waals surface area contributed by atoms with Gasteiger partial charge in [0.1, 0.15) is 0 Å². The van der Waals surface area contributed by atoms with Gasteiger partial charge in [0.25, 0.3) is 0 Å². The van der Waals surface area contributed by atoms with E-state index < -0.39 is 0 Å². The molecule has 2 aromatic carbocycles. The second-order valence-corrected chi connectivity index (χ2v) is 15.5. The quantitative estimate of drug-likeness (QED) is 0.412. The minimum Gasteiger partial charge on any atom is -0.872 e. The minimum atomic E-state index is -0.112. The van der Waals surface area contributed by atoms with Gasteiger partial charge in [0, 0.05) is 13.1 Å². The van der Waals surface area contributed by atoms with Crippen LogP contribution in [0.3, 0.4) is 0 Å². The van der Waals surface area contributed by atoms with Crippen molar-refractivity contribution in [3.05, 3.63) is 57.6 Å². The van der Waals surface area contributed by atoms with Crippen LogP contribution in [0.15, 0.2) is 24.3 Å². The van der Waals surface area contributed by atoms with E-state index >= 15 is 0 Å². The molecule has 0 aliphatic rings. The van der Waals surface area contributed by atoms with E-state index in [2.05, 4.69) is 145 Å². The molecule has 0 radical (unpaired) electrons. The molecular weight excluding hydrogens is 493 g/mol. The molecule has 0 aliphatic heterocycles. The second kappa shape index (κ2) is 13.6. The molecular formula is C34H56MgN2O2. The standard InChI is InChI=1S/2C17H29NO.Mg/c2*1-16(2,3)13-9-12(11-18(7)8)10-14(15(13)19)17(4,5)6;/h2*9-10,19H,11H2,1-8H3;/q;;+2/p-2. The van der Waals surface area contributed by atoms with Gasteiger partial charge in [-0.25, -0.2) is 0 Å². The molecule has 4 nitrogen and oxygen atoms in total. The van der Waals surface area contributed by atoms with Crippen molar-refractivity contribution in [2.75, 3.05) is 28.2 Å². The summed E-state index contributed by atoms with van der Waals surface area (Å²) in [6.45, 7) is 27.0. The maximum atomic E-state index is 12.7. The average molecular weight is 549 g/mol. The summed E-state index contributed by atoms with van der Waals surface area (Å²) in [5, 5.41) is 25.4. The van der Waals surface area contributed by atoms with Crippen molar-refractivity contribution in [2.45, 2.75) is 118 Å². The van der Waals surface area contributed by atoms with Crippen LogP contribution in [0.1, 0.15) is 116 Å². The summed E-state index contributed by atoms with van der Waals surface area (Å²) in [5.74, 6) is 0.421. The van der Waals surface area contributed by atoms with Gasteiger partial charge in [-0.3, -0.25) is 0 Å². The van der Waals surface area contributed by atoms with Crippen LogP contribution in [-0.2, 0) is 34.7 Å². The molecule has 0 heterocycles. The maximum absolute atomic E-state index is 12.7. The predicted octanol–water partition coefficient (Wildman–Crippen LogP) is 6.45. The number of benzene rings is 2. The average Bonchev–Trinajstić information content (AvgIpc) is 2.66. The molecule has 0 unspecified atom stereocenters. The van der Waals surface area contributed by atoms with Crippen molar-refractivity contribution in [1.29, 1.82) is 0 Å². The Hall–Kier alpha value is -1.27. The Morgan fingerprint density at radius 2 is 0.641 bits per heavy atom. The molecule has 0 saturated heterocycles. The van der Waals surface area contributed by atoms with Gasteiger partial charge in [0.05, 0.1) is 0 Å². The van der Waals surface area contributed by atoms with Crippen LogP contribution in [0.2, 0.25) is 0 Å². The van der Waals surface area contributed by atoms with Gasteiger partial charge in [-0.1, -0.05) is 107 Å². The number of hydrogen-bond donors (Lipinski definition) is 0. The van der Waals surface area contributed by atoms with Gasteiger partial charge in [-0.2, -0.15) is 0 Å². The van der Waals surface area contributed by atoms with Crippen LogP contribution in [0.4, 0.5) is 0 Å². The number of hydrogen-bond acceptors (Lipinski definition) is 4. The van der Waals surface area contributed by atoms with Crippen molar-refractivity contribution in [3.63, 3.8) is 0 Å². The van der Waals surface area contributed by atoms with Crippen molar-refractivity contribution in [2.24, 2.45) is 0 Å². The molecule has 0 saturated carbocycles. The normalized spacial score (nSPS) is 12.8. The molecule has 0 aromatic heterocycles. The first-order valence-electron chi connectivity index (χ1n) is 13.8. The largest absolute Gasteiger partial charge is 2.00 e. The van der Waals surface area contributed by atoms with Crippen molar-refractivity contribution >= 4 is 23.1 Å². The molecule has 2 aromatic rings. The number of nitrogens with zero attached hydrogens (tertiary/aromatic N) is 2. The third-order valence-corrected chi connectivity index (χ3v) is 6.53. The predicted molar refractivity (Wildman–Crippen MR) is 167 cm³/mol. The fourth-order valence-electron chi connectivity index (χ4n) is 4.52. The van der Waals surface area contributed by atoms with Crippen molar-refractivity contribution in [3.8, 4) is 11.5 Å². The van der Waals surface area contributed by atoms with Crippen LogP contribution in [0.25, 0.3) is 0 Å². The minimum absolute atomic E-state index is 0. The van der Waals surface area contributed by atoms with E-state index in [0.717, 1.165) is 35.3 Å². The van der Waals surface area contributed by atoms with E-state index in [4.69, 9.17) is 0 Å². The van der Waals surface area contributed by atoms with Crippen LogP contribution in [0.5, 0.6) is 11.5 Å². The molecule has 2 rings (SSSR count). The zero-order valence-corrected chi connectivity index (χ0v) is 29.6. The number of rotatable bonds is 4. The molecule has 0 aliphatic carbocycles. The Labute approximate surface area is 257 Å². The summed E-state index contributed by atoms with van der Waals surface area (Å²) in [4.78, 5) is 4.28. The van der Waals surface area contributed by atoms with E-state index in [9.17, 15) is 10.2 Å². The molecule has 39 heavy (non-hydrogen) atoms. The third kappa shape index (κ3) is 11.3. The Morgan fingerprint density at radius 3 is 0.769 bits per heavy atom. The Kier molecular flexibility index (Phi) is 13.1. The third-order valence-electron chi connectivity index (χ3n) is 6.53. The van der Waals surface area contributed by atoms with Gasteiger partial charge in [-0.15, -0.1) is 11.5 Å². The molecule has 0 bridgehead atoms. The zero-order valence-electron chi connectivity index (χ0n) is 28.1. The van der Waals surface area contributed by atoms with Gasteiger partial charge in [0.15, 0.2) is 0 Å². The van der Waals surface area contributed by atoms with Crippen LogP contribution < -0.4 is 10.2 Å². The van der Waals surface area contributed by atoms with Crippen LogP contribution in [0, 0.1) is 0 Å². The first-order valence-corrected chi connectivity index (χ1v) is 13.8. The fourth-order valence-corrected chi connectivity index (χ4v) is 4.52. The summed E-state index contributed by atoms with van der Waals surface area (Å²) >= 11 is 0. The molecule has 216 valence electrons. The summed E-state index contributed by atoms with van der Waals surface area (Å²) in [5.41, 5.74) is 5.71. The summed E-state index contributed by atoms with van der Waals surface area (Å²) in [7, 11) is 8.22. The van der Waals surface area contributed by atoms with Gasteiger partial charge >= 0.3 is 23.1 Å². The molecule has 0 atom stereocenters. The Bertz CT molecular complexity index is 919. The summed E-state index contributed by atoms with van der Waals surface area (Å²) in [6, 6.07) is 8.32. The van der Waals surface area contributed by atoms with E-state index in [-0.39, 0.29) is 56.2 Å². The van der Waals surface area contributed by atoms with Crippen molar-refractivity contribution in [1.82, 2.24) is 9.80 Å². The van der Waals surface area contributed by atoms with E-state index in [1.54, 1.807) is 0 Å². The molecule has 0 N–H and O–H groups in total. The van der Waals surface area contributed by atoms with Crippen LogP contribution >= 0.6 is 0 Å². The van der Waals surface area contributed by atoms with E-state index in [0.29, 0.717) is 0 Å². The fraction of sp³-hybridized carbons (Fsp3) is 0.647. The zero-order chi connectivity index (χ0) is 30.0. The Morgan fingerprint density at radius 1 is 0.462 bits per heavy atom. The molecule has 5 heteroatoms. The maximum Gasteiger partial charge on any atom is 2.00 e. The van der Waals surface area contributed by atoms with Crippen molar-refractivity contribution < 1.29 is 10.2 Å². The second-order valence-electron chi connectivity index (χ2n) is 15.5. The summed E-state index contributed by atoms with van der Waals surface area (Å²) in [6.07, 6.45) is 0. The first kappa shape index (κ1) is 37.7. The van der Waals surface area contributed by atoms with Gasteiger partial charge < -0.3 is 20.0 Å². The first-order chi connectivity index (χ1) is 16.9. The van der Waals surface area contributed by atoms with Crippen LogP contribution in [-0.4, -0.2) is 61.0 Å². The molecule has 0 amide bonds. The molecule has 0 spiro atoms.